The summed E-state index contributed by atoms with van der Waals surface area (Å²) < 4.78 is 11.9. The third kappa shape index (κ3) is 5.37. The lowest BCUT2D eigenvalue weighted by Gasteiger charge is -2.28. The molecule has 0 unspecified atom stereocenters. The molecule has 10 aromatic carbocycles. The summed E-state index contributed by atoms with van der Waals surface area (Å²) in [6.07, 6.45) is 0. The number of nitrogens with zero attached hydrogens (tertiary/aromatic N) is 2. The summed E-state index contributed by atoms with van der Waals surface area (Å²) >= 11 is 1.87. The summed E-state index contributed by atoms with van der Waals surface area (Å²) in [5.74, 6) is 0. The predicted molar refractivity (Wildman–Crippen MR) is 264 cm³/mol. The van der Waals surface area contributed by atoms with Gasteiger partial charge in [0.1, 0.15) is 11.2 Å². The zero-order chi connectivity index (χ0) is 40.7. The van der Waals surface area contributed by atoms with Crippen LogP contribution in [-0.2, 0) is 0 Å². The minimum absolute atomic E-state index is 0.885. The van der Waals surface area contributed by atoms with Crippen molar-refractivity contribution in [1.82, 2.24) is 4.57 Å². The molecule has 0 aliphatic carbocycles. The van der Waals surface area contributed by atoms with Gasteiger partial charge in [0.15, 0.2) is 0 Å². The molecular weight excluding hydrogens is 773 g/mol. The first-order valence-corrected chi connectivity index (χ1v) is 21.9. The molecule has 0 saturated carbocycles. The second-order valence-electron chi connectivity index (χ2n) is 16.0. The number of thiophene rings is 1. The second-order valence-corrected chi connectivity index (χ2v) is 17.1. The summed E-state index contributed by atoms with van der Waals surface area (Å²) in [4.78, 5) is 2.41. The Hall–Kier alpha value is -7.92. The van der Waals surface area contributed by atoms with Crippen LogP contribution >= 0.6 is 11.3 Å². The molecule has 0 aliphatic heterocycles. The van der Waals surface area contributed by atoms with Crippen LogP contribution in [0.25, 0.3) is 103 Å². The molecule has 0 saturated heterocycles. The zero-order valence-corrected chi connectivity index (χ0v) is 34.3. The van der Waals surface area contributed by atoms with Gasteiger partial charge in [0, 0.05) is 69.9 Å². The first kappa shape index (κ1) is 34.9. The van der Waals surface area contributed by atoms with Crippen molar-refractivity contribution in [1.29, 1.82) is 0 Å². The molecular formula is C58H36N2OS. The lowest BCUT2D eigenvalue weighted by atomic mass is 9.98. The van der Waals surface area contributed by atoms with Crippen LogP contribution in [0.5, 0.6) is 0 Å². The van der Waals surface area contributed by atoms with Crippen molar-refractivity contribution in [3.8, 4) is 27.9 Å². The summed E-state index contributed by atoms with van der Waals surface area (Å²) in [5.41, 5.74) is 13.0. The molecule has 0 fully saturated rings. The SMILES string of the molecule is c1cc(N(c2ccc(-c3cccc4c3sc3ccccc34)cc2)c2ccccc2-c2cccc3c2oc2cc4ccccc4cc23)cc(-n2c3ccccc3c3ccccc32)c1. The molecule has 13 aromatic rings. The maximum atomic E-state index is 6.84. The Morgan fingerprint density at radius 3 is 1.82 bits per heavy atom. The maximum absolute atomic E-state index is 6.84. The van der Waals surface area contributed by atoms with Gasteiger partial charge in [-0.2, -0.15) is 0 Å². The molecule has 4 heteroatoms. The number of hydrogen-bond donors (Lipinski definition) is 0. The number of anilines is 3. The monoisotopic (exact) mass is 808 g/mol. The molecule has 0 N–H and O–H groups in total. The highest BCUT2D eigenvalue weighted by molar-refractivity contribution is 7.26. The van der Waals surface area contributed by atoms with E-state index in [9.17, 15) is 0 Å². The van der Waals surface area contributed by atoms with Crippen LogP contribution in [0.1, 0.15) is 0 Å². The van der Waals surface area contributed by atoms with Crippen LogP contribution in [0, 0.1) is 0 Å². The van der Waals surface area contributed by atoms with Crippen LogP contribution in [0.3, 0.4) is 0 Å². The van der Waals surface area contributed by atoms with Gasteiger partial charge in [0.25, 0.3) is 0 Å². The van der Waals surface area contributed by atoms with Gasteiger partial charge in [-0.15, -0.1) is 11.3 Å². The van der Waals surface area contributed by atoms with Gasteiger partial charge in [-0.05, 0) is 88.6 Å². The van der Waals surface area contributed by atoms with E-state index in [1.165, 1.54) is 63.9 Å². The Morgan fingerprint density at radius 1 is 0.403 bits per heavy atom. The van der Waals surface area contributed by atoms with Crippen molar-refractivity contribution < 1.29 is 4.42 Å². The second kappa shape index (κ2) is 13.8. The van der Waals surface area contributed by atoms with E-state index in [-0.39, 0.29) is 0 Å². The first-order valence-electron chi connectivity index (χ1n) is 21.1. The van der Waals surface area contributed by atoms with Crippen molar-refractivity contribution in [2.75, 3.05) is 4.90 Å². The highest BCUT2D eigenvalue weighted by Crippen LogP contribution is 2.46. The Kier molecular flexibility index (Phi) is 7.78. The first-order chi connectivity index (χ1) is 30.7. The smallest absolute Gasteiger partial charge is 0.143 e. The van der Waals surface area contributed by atoms with Crippen LogP contribution in [0.4, 0.5) is 17.1 Å². The minimum Gasteiger partial charge on any atom is -0.455 e. The topological polar surface area (TPSA) is 21.3 Å². The third-order valence-electron chi connectivity index (χ3n) is 12.6. The number of hydrogen-bond acceptors (Lipinski definition) is 3. The van der Waals surface area contributed by atoms with Crippen LogP contribution < -0.4 is 4.90 Å². The van der Waals surface area contributed by atoms with E-state index < -0.39 is 0 Å². The summed E-state index contributed by atoms with van der Waals surface area (Å²) in [7, 11) is 0. The quantitative estimate of drug-likeness (QED) is 0.167. The van der Waals surface area contributed by atoms with E-state index in [2.05, 4.69) is 228 Å². The molecule has 3 aromatic heterocycles. The Balaban J connectivity index is 1.02. The van der Waals surface area contributed by atoms with E-state index >= 15 is 0 Å². The van der Waals surface area contributed by atoms with Gasteiger partial charge in [-0.25, -0.2) is 0 Å². The summed E-state index contributed by atoms with van der Waals surface area (Å²) in [6.45, 7) is 0. The number of aromatic nitrogens is 1. The van der Waals surface area contributed by atoms with Gasteiger partial charge >= 0.3 is 0 Å². The average Bonchev–Trinajstić information content (AvgIpc) is 4.01. The number of para-hydroxylation sites is 4. The van der Waals surface area contributed by atoms with E-state index in [1.807, 2.05) is 11.3 Å². The molecule has 0 atom stereocenters. The Labute approximate surface area is 361 Å². The van der Waals surface area contributed by atoms with Gasteiger partial charge in [0.2, 0.25) is 0 Å². The molecule has 3 heterocycles. The highest BCUT2D eigenvalue weighted by atomic mass is 32.1. The number of benzene rings is 10. The van der Waals surface area contributed by atoms with Crippen molar-refractivity contribution >= 4 is 103 Å². The molecule has 0 bridgehead atoms. The van der Waals surface area contributed by atoms with E-state index in [0.717, 1.165) is 55.8 Å². The van der Waals surface area contributed by atoms with Crippen LogP contribution in [0.15, 0.2) is 223 Å². The Bertz CT molecular complexity index is 3830. The van der Waals surface area contributed by atoms with Gasteiger partial charge < -0.3 is 13.9 Å². The van der Waals surface area contributed by atoms with Crippen molar-refractivity contribution in [3.05, 3.63) is 218 Å². The zero-order valence-electron chi connectivity index (χ0n) is 33.5. The molecule has 0 amide bonds. The molecule has 0 aliphatic rings. The average molecular weight is 809 g/mol. The molecule has 0 radical (unpaired) electrons. The van der Waals surface area contributed by atoms with Gasteiger partial charge in [-0.1, -0.05) is 152 Å². The number of furan rings is 1. The lowest BCUT2D eigenvalue weighted by molar-refractivity contribution is 0.670. The molecule has 13 rings (SSSR count). The molecule has 62 heavy (non-hydrogen) atoms. The molecule has 290 valence electrons. The third-order valence-corrected chi connectivity index (χ3v) is 13.8. The highest BCUT2D eigenvalue weighted by Gasteiger charge is 2.22. The van der Waals surface area contributed by atoms with Crippen molar-refractivity contribution in [2.45, 2.75) is 0 Å². The largest absolute Gasteiger partial charge is 0.455 e. The van der Waals surface area contributed by atoms with Crippen LogP contribution in [0.2, 0.25) is 0 Å². The fourth-order valence-corrected chi connectivity index (χ4v) is 11.0. The number of fused-ring (bicyclic) bond motifs is 10. The fourth-order valence-electron chi connectivity index (χ4n) is 9.76. The van der Waals surface area contributed by atoms with Crippen LogP contribution in [-0.4, -0.2) is 4.57 Å². The van der Waals surface area contributed by atoms with Crippen molar-refractivity contribution in [2.24, 2.45) is 0 Å². The maximum Gasteiger partial charge on any atom is 0.143 e. The molecule has 3 nitrogen and oxygen atoms in total. The predicted octanol–water partition coefficient (Wildman–Crippen LogP) is 17.0. The number of rotatable bonds is 6. The Morgan fingerprint density at radius 2 is 1.02 bits per heavy atom. The summed E-state index contributed by atoms with van der Waals surface area (Å²) in [5, 5.41) is 9.70. The standard InChI is InChI=1S/C58H36N2OS/c1-2-15-39-35-55-51(34-38(39)14-1)49-24-13-23-48(57(49)61-55)46-20-5-7-26-52(46)59(40-32-30-37(31-33-40)43-22-12-25-50-47-21-6-10-29-56(47)62-58(43)50)41-16-11-17-42(36-41)60-53-27-8-3-18-44(53)45-19-4-9-28-54(45)60/h1-36H. The molecule has 0 spiro atoms. The fraction of sp³-hybridized carbons (Fsp3) is 0. The van der Waals surface area contributed by atoms with Crippen molar-refractivity contribution in [3.63, 3.8) is 0 Å². The van der Waals surface area contributed by atoms with E-state index in [0.29, 0.717) is 0 Å². The van der Waals surface area contributed by atoms with Gasteiger partial charge in [0.05, 0.1) is 16.7 Å². The van der Waals surface area contributed by atoms with Gasteiger partial charge in [-0.3, -0.25) is 0 Å². The van der Waals surface area contributed by atoms with E-state index in [4.69, 9.17) is 4.42 Å². The minimum atomic E-state index is 0.885. The normalized spacial score (nSPS) is 11.9. The van der Waals surface area contributed by atoms with E-state index in [1.54, 1.807) is 0 Å². The summed E-state index contributed by atoms with van der Waals surface area (Å²) in [6, 6.07) is 79.2. The lowest BCUT2D eigenvalue weighted by Crippen LogP contribution is -2.12.